The monoisotopic (exact) mass is 246 g/mol. The molecule has 0 saturated carbocycles. The molecule has 18 heavy (non-hydrogen) atoms. The van der Waals surface area contributed by atoms with E-state index in [1.165, 1.54) is 0 Å². The second kappa shape index (κ2) is 5.69. The van der Waals surface area contributed by atoms with E-state index in [1.807, 2.05) is 38.2 Å². The Kier molecular flexibility index (Phi) is 3.99. The van der Waals surface area contributed by atoms with Gasteiger partial charge in [-0.25, -0.2) is 0 Å². The van der Waals surface area contributed by atoms with Crippen LogP contribution in [0.1, 0.15) is 24.3 Å². The number of nitrogens with zero attached hydrogens (tertiary/aromatic N) is 1. The summed E-state index contributed by atoms with van der Waals surface area (Å²) in [6.07, 6.45) is 3.49. The normalized spacial score (nSPS) is 12.6. The van der Waals surface area contributed by atoms with Gasteiger partial charge in [-0.2, -0.15) is 0 Å². The summed E-state index contributed by atoms with van der Waals surface area (Å²) >= 11 is 0. The molecule has 0 spiro atoms. The molecule has 0 fully saturated rings. The average molecular weight is 246 g/mol. The van der Waals surface area contributed by atoms with E-state index in [-0.39, 0.29) is 11.6 Å². The highest BCUT2D eigenvalue weighted by atomic mass is 16.3. The molecule has 4 nitrogen and oxygen atoms in total. The largest absolute Gasteiger partial charge is 0.468 e. The van der Waals surface area contributed by atoms with E-state index < -0.39 is 0 Å². The van der Waals surface area contributed by atoms with E-state index in [0.29, 0.717) is 6.54 Å². The van der Waals surface area contributed by atoms with Crippen molar-refractivity contribution in [3.05, 3.63) is 58.4 Å². The lowest BCUT2D eigenvalue weighted by molar-refractivity contribution is 0.422. The van der Waals surface area contributed by atoms with E-state index in [9.17, 15) is 4.79 Å². The van der Waals surface area contributed by atoms with Crippen molar-refractivity contribution in [2.24, 2.45) is 0 Å². The maximum absolute atomic E-state index is 11.7. The van der Waals surface area contributed by atoms with Crippen LogP contribution in [0.25, 0.3) is 0 Å². The molecule has 0 aliphatic heterocycles. The molecule has 0 bridgehead atoms. The van der Waals surface area contributed by atoms with Gasteiger partial charge in [0.15, 0.2) is 0 Å². The summed E-state index contributed by atoms with van der Waals surface area (Å²) in [5.41, 5.74) is 1.04. The van der Waals surface area contributed by atoms with Gasteiger partial charge in [-0.1, -0.05) is 0 Å². The van der Waals surface area contributed by atoms with Gasteiger partial charge >= 0.3 is 0 Å². The summed E-state index contributed by atoms with van der Waals surface area (Å²) < 4.78 is 7.01. The molecule has 0 amide bonds. The first-order valence-corrected chi connectivity index (χ1v) is 6.10. The zero-order valence-electron chi connectivity index (χ0n) is 10.7. The van der Waals surface area contributed by atoms with E-state index in [0.717, 1.165) is 17.9 Å². The first kappa shape index (κ1) is 12.6. The number of pyridine rings is 1. The van der Waals surface area contributed by atoms with Crippen LogP contribution in [-0.2, 0) is 6.54 Å². The van der Waals surface area contributed by atoms with Crippen LogP contribution in [0.5, 0.6) is 0 Å². The lowest BCUT2D eigenvalue weighted by Crippen LogP contribution is -2.27. The Hall–Kier alpha value is -1.81. The maximum Gasteiger partial charge on any atom is 0.250 e. The molecule has 0 aliphatic rings. The highest BCUT2D eigenvalue weighted by Crippen LogP contribution is 2.11. The van der Waals surface area contributed by atoms with Crippen molar-refractivity contribution in [2.75, 3.05) is 6.54 Å². The first-order chi connectivity index (χ1) is 8.66. The second-order valence-corrected chi connectivity index (χ2v) is 4.43. The fraction of sp³-hybridized carbons (Fsp3) is 0.357. The van der Waals surface area contributed by atoms with E-state index in [2.05, 4.69) is 5.32 Å². The van der Waals surface area contributed by atoms with Crippen LogP contribution in [0.15, 0.2) is 45.9 Å². The summed E-state index contributed by atoms with van der Waals surface area (Å²) in [6, 6.07) is 7.56. The van der Waals surface area contributed by atoms with Gasteiger partial charge in [-0.3, -0.25) is 4.79 Å². The standard InChI is InChI=1S/C14H18N2O2/c1-11-5-7-16(14(17)10-11)8-6-15-12(2)13-4-3-9-18-13/h3-5,7,9-10,12,15H,6,8H2,1-2H3. The average Bonchev–Trinajstić information content (AvgIpc) is 2.85. The summed E-state index contributed by atoms with van der Waals surface area (Å²) in [5.74, 6) is 0.909. The van der Waals surface area contributed by atoms with E-state index in [4.69, 9.17) is 4.42 Å². The third-order valence-corrected chi connectivity index (χ3v) is 2.92. The highest BCUT2D eigenvalue weighted by molar-refractivity contribution is 5.08. The number of rotatable bonds is 5. The van der Waals surface area contributed by atoms with Gasteiger partial charge in [0, 0.05) is 25.4 Å². The lowest BCUT2D eigenvalue weighted by atomic mass is 10.2. The minimum Gasteiger partial charge on any atom is -0.468 e. The topological polar surface area (TPSA) is 47.2 Å². The van der Waals surface area contributed by atoms with Crippen LogP contribution < -0.4 is 10.9 Å². The first-order valence-electron chi connectivity index (χ1n) is 6.10. The van der Waals surface area contributed by atoms with E-state index >= 15 is 0 Å². The number of aryl methyl sites for hydroxylation is 1. The minimum atomic E-state index is 0.0439. The number of aromatic nitrogens is 1. The number of hydrogen-bond donors (Lipinski definition) is 1. The molecular weight excluding hydrogens is 228 g/mol. The van der Waals surface area contributed by atoms with Crippen molar-refractivity contribution in [1.82, 2.24) is 9.88 Å². The summed E-state index contributed by atoms with van der Waals surface area (Å²) in [4.78, 5) is 11.7. The molecule has 0 aliphatic carbocycles. The summed E-state index contributed by atoms with van der Waals surface area (Å²) in [6.45, 7) is 5.34. The molecule has 2 aromatic rings. The number of nitrogens with one attached hydrogen (secondary N) is 1. The molecular formula is C14H18N2O2. The van der Waals surface area contributed by atoms with Crippen LogP contribution in [-0.4, -0.2) is 11.1 Å². The molecule has 0 aromatic carbocycles. The predicted molar refractivity (Wildman–Crippen MR) is 70.6 cm³/mol. The quantitative estimate of drug-likeness (QED) is 0.878. The van der Waals surface area contributed by atoms with Gasteiger partial charge in [-0.05, 0) is 37.6 Å². The second-order valence-electron chi connectivity index (χ2n) is 4.43. The minimum absolute atomic E-state index is 0.0439. The van der Waals surface area contributed by atoms with Gasteiger partial charge in [0.1, 0.15) is 5.76 Å². The Balaban J connectivity index is 1.87. The predicted octanol–water partition coefficient (Wildman–Crippen LogP) is 2.10. The van der Waals surface area contributed by atoms with Crippen molar-refractivity contribution < 1.29 is 4.42 Å². The molecule has 4 heteroatoms. The molecule has 0 saturated heterocycles. The summed E-state index contributed by atoms with van der Waals surface area (Å²) in [5, 5.41) is 3.32. The molecule has 1 atom stereocenters. The summed E-state index contributed by atoms with van der Waals surface area (Å²) in [7, 11) is 0. The Morgan fingerprint density at radius 1 is 1.44 bits per heavy atom. The lowest BCUT2D eigenvalue weighted by Gasteiger charge is -2.12. The Morgan fingerprint density at radius 3 is 2.94 bits per heavy atom. The van der Waals surface area contributed by atoms with Crippen LogP contribution in [0.3, 0.4) is 0 Å². The SMILES string of the molecule is Cc1ccn(CCNC(C)c2ccco2)c(=O)c1. The van der Waals surface area contributed by atoms with Crippen molar-refractivity contribution in [2.45, 2.75) is 26.4 Å². The van der Waals surface area contributed by atoms with Crippen LogP contribution in [0.2, 0.25) is 0 Å². The molecule has 0 radical (unpaired) electrons. The number of furan rings is 1. The molecule has 2 aromatic heterocycles. The molecule has 1 unspecified atom stereocenters. The van der Waals surface area contributed by atoms with Crippen LogP contribution >= 0.6 is 0 Å². The van der Waals surface area contributed by atoms with Gasteiger partial charge in [-0.15, -0.1) is 0 Å². The smallest absolute Gasteiger partial charge is 0.250 e. The third-order valence-electron chi connectivity index (χ3n) is 2.92. The Labute approximate surface area is 106 Å². The van der Waals surface area contributed by atoms with Crippen molar-refractivity contribution in [3.63, 3.8) is 0 Å². The van der Waals surface area contributed by atoms with Gasteiger partial charge in [0.05, 0.1) is 12.3 Å². The van der Waals surface area contributed by atoms with Gasteiger partial charge in [0.2, 0.25) is 0 Å². The number of hydrogen-bond acceptors (Lipinski definition) is 3. The van der Waals surface area contributed by atoms with Crippen molar-refractivity contribution >= 4 is 0 Å². The zero-order chi connectivity index (χ0) is 13.0. The van der Waals surface area contributed by atoms with E-state index in [1.54, 1.807) is 16.9 Å². The third kappa shape index (κ3) is 3.11. The highest BCUT2D eigenvalue weighted by Gasteiger charge is 2.06. The van der Waals surface area contributed by atoms with Crippen LogP contribution in [0, 0.1) is 6.92 Å². The fourth-order valence-electron chi connectivity index (χ4n) is 1.83. The zero-order valence-corrected chi connectivity index (χ0v) is 10.7. The van der Waals surface area contributed by atoms with Crippen molar-refractivity contribution in [1.29, 1.82) is 0 Å². The van der Waals surface area contributed by atoms with Gasteiger partial charge in [0.25, 0.3) is 5.56 Å². The van der Waals surface area contributed by atoms with Crippen LogP contribution in [0.4, 0.5) is 0 Å². The Bertz CT molecular complexity index is 543. The molecule has 2 heterocycles. The van der Waals surface area contributed by atoms with Crippen molar-refractivity contribution in [3.8, 4) is 0 Å². The van der Waals surface area contributed by atoms with Gasteiger partial charge < -0.3 is 14.3 Å². The molecule has 1 N–H and O–H groups in total. The fourth-order valence-corrected chi connectivity index (χ4v) is 1.83. The molecule has 96 valence electrons. The Morgan fingerprint density at radius 2 is 2.28 bits per heavy atom. The molecule has 2 rings (SSSR count). The maximum atomic E-state index is 11.7.